The molecule has 14 heavy (non-hydrogen) atoms. The first-order chi connectivity index (χ1) is 6.66. The Bertz CT molecular complexity index is 361. The quantitative estimate of drug-likeness (QED) is 0.836. The van der Waals surface area contributed by atoms with Crippen LogP contribution in [0.5, 0.6) is 5.75 Å². The summed E-state index contributed by atoms with van der Waals surface area (Å²) in [6, 6.07) is 7.55. The molecule has 0 aliphatic carbocycles. The van der Waals surface area contributed by atoms with Crippen molar-refractivity contribution in [2.75, 3.05) is 7.05 Å². The number of aromatic hydroxyl groups is 1. The van der Waals surface area contributed by atoms with Gasteiger partial charge in [0.15, 0.2) is 0 Å². The topological polar surface area (TPSA) is 35.8 Å². The van der Waals surface area contributed by atoms with Gasteiger partial charge in [0.25, 0.3) is 0 Å². The van der Waals surface area contributed by atoms with Crippen molar-refractivity contribution in [2.45, 2.75) is 12.5 Å². The third-order valence-corrected chi connectivity index (χ3v) is 2.84. The average Bonchev–Trinajstić information content (AvgIpc) is 2.47. The van der Waals surface area contributed by atoms with E-state index in [1.165, 1.54) is 5.56 Å². The molecule has 1 atom stereocenters. The van der Waals surface area contributed by atoms with Crippen molar-refractivity contribution < 1.29 is 5.11 Å². The summed E-state index contributed by atoms with van der Waals surface area (Å²) in [6.45, 7) is 0. The lowest BCUT2D eigenvalue weighted by Crippen LogP contribution is -2.13. The van der Waals surface area contributed by atoms with Crippen LogP contribution in [-0.2, 0) is 0 Å². The van der Waals surface area contributed by atoms with Gasteiger partial charge in [-0.05, 0) is 33.6 Å². The number of hydrogen-bond acceptors (Lipinski definition) is 3. The molecule has 1 heterocycles. The van der Waals surface area contributed by atoms with Crippen LogP contribution >= 0.6 is 15.9 Å². The highest BCUT2D eigenvalue weighted by Crippen LogP contribution is 2.31. The number of hydrogen-bond donors (Lipinski definition) is 1. The molecule has 1 aliphatic rings. The summed E-state index contributed by atoms with van der Waals surface area (Å²) in [7, 11) is 1.95. The van der Waals surface area contributed by atoms with E-state index in [2.05, 4.69) is 21.0 Å². The zero-order valence-electron chi connectivity index (χ0n) is 7.81. The molecule has 1 unspecified atom stereocenters. The molecule has 1 aromatic rings. The highest BCUT2D eigenvalue weighted by atomic mass is 79.9. The molecule has 0 fully saturated rings. The van der Waals surface area contributed by atoms with E-state index in [4.69, 9.17) is 5.11 Å². The minimum absolute atomic E-state index is 0.282. The Morgan fingerprint density at radius 3 is 2.57 bits per heavy atom. The summed E-state index contributed by atoms with van der Waals surface area (Å²) < 4.78 is 0.970. The third-order valence-electron chi connectivity index (χ3n) is 2.36. The molecule has 2 rings (SSSR count). The average molecular weight is 255 g/mol. The number of rotatable bonds is 1. The summed E-state index contributed by atoms with van der Waals surface area (Å²) in [6.07, 6.45) is 0.890. The first kappa shape index (κ1) is 9.52. The zero-order valence-corrected chi connectivity index (χ0v) is 9.40. The smallest absolute Gasteiger partial charge is 0.115 e. The van der Waals surface area contributed by atoms with E-state index in [9.17, 15) is 0 Å². The van der Waals surface area contributed by atoms with E-state index in [1.807, 2.05) is 24.2 Å². The van der Waals surface area contributed by atoms with Crippen LogP contribution in [-0.4, -0.2) is 21.8 Å². The molecule has 1 aliphatic heterocycles. The van der Waals surface area contributed by atoms with Gasteiger partial charge in [0.05, 0.1) is 6.04 Å². The Morgan fingerprint density at radius 2 is 2.07 bits per heavy atom. The van der Waals surface area contributed by atoms with Gasteiger partial charge in [-0.15, -0.1) is 0 Å². The van der Waals surface area contributed by atoms with Gasteiger partial charge in [-0.2, -0.15) is 5.10 Å². The van der Waals surface area contributed by atoms with Crippen molar-refractivity contribution in [3.63, 3.8) is 0 Å². The van der Waals surface area contributed by atoms with Crippen LogP contribution in [0.2, 0.25) is 0 Å². The first-order valence-corrected chi connectivity index (χ1v) is 5.21. The molecule has 0 radical (unpaired) electrons. The van der Waals surface area contributed by atoms with Crippen molar-refractivity contribution in [1.29, 1.82) is 0 Å². The molecule has 4 heteroatoms. The fraction of sp³-hybridized carbons (Fsp3) is 0.300. The van der Waals surface area contributed by atoms with Gasteiger partial charge >= 0.3 is 0 Å². The summed E-state index contributed by atoms with van der Waals surface area (Å²) in [5.41, 5.74) is 1.17. The van der Waals surface area contributed by atoms with Crippen molar-refractivity contribution >= 4 is 20.6 Å². The zero-order chi connectivity index (χ0) is 10.1. The number of benzene rings is 1. The molecule has 0 amide bonds. The Balaban J connectivity index is 2.21. The van der Waals surface area contributed by atoms with Crippen molar-refractivity contribution in [3.8, 4) is 5.75 Å². The minimum atomic E-state index is 0.282. The maximum atomic E-state index is 9.17. The molecule has 0 saturated heterocycles. The van der Waals surface area contributed by atoms with Gasteiger partial charge < -0.3 is 5.11 Å². The summed E-state index contributed by atoms with van der Waals surface area (Å²) in [5, 5.41) is 15.4. The van der Waals surface area contributed by atoms with Gasteiger partial charge in [-0.1, -0.05) is 12.1 Å². The second-order valence-electron chi connectivity index (χ2n) is 3.36. The molecular weight excluding hydrogens is 244 g/mol. The Kier molecular flexibility index (Phi) is 2.46. The van der Waals surface area contributed by atoms with E-state index in [1.54, 1.807) is 12.1 Å². The molecule has 0 bridgehead atoms. The fourth-order valence-electron chi connectivity index (χ4n) is 1.60. The third kappa shape index (κ3) is 1.75. The van der Waals surface area contributed by atoms with Crippen molar-refractivity contribution in [2.24, 2.45) is 5.10 Å². The molecule has 0 aromatic heterocycles. The van der Waals surface area contributed by atoms with E-state index < -0.39 is 0 Å². The Labute approximate surface area is 91.2 Å². The molecule has 0 spiro atoms. The standard InChI is InChI=1S/C10H11BrN2O/c1-13-9(6-10(11)12-13)7-2-4-8(14)5-3-7/h2-5,9,14H,6H2,1H3. The van der Waals surface area contributed by atoms with Crippen molar-refractivity contribution in [1.82, 2.24) is 5.01 Å². The number of nitrogens with zero attached hydrogens (tertiary/aromatic N) is 2. The summed E-state index contributed by atoms with van der Waals surface area (Å²) in [4.78, 5) is 0. The molecular formula is C10H11BrN2O. The van der Waals surface area contributed by atoms with Gasteiger partial charge in [-0.3, -0.25) is 5.01 Å². The molecule has 0 saturated carbocycles. The lowest BCUT2D eigenvalue weighted by atomic mass is 10.1. The first-order valence-electron chi connectivity index (χ1n) is 4.41. The number of phenols is 1. The number of hydrazone groups is 1. The van der Waals surface area contributed by atoms with E-state index in [0.717, 1.165) is 11.0 Å². The van der Waals surface area contributed by atoms with Crippen LogP contribution in [0.15, 0.2) is 29.4 Å². The number of halogens is 1. The number of phenolic OH excluding ortho intramolecular Hbond substituents is 1. The predicted octanol–water partition coefficient (Wildman–Crippen LogP) is 2.48. The van der Waals surface area contributed by atoms with Crippen LogP contribution in [0.25, 0.3) is 0 Å². The Morgan fingerprint density at radius 1 is 1.43 bits per heavy atom. The second kappa shape index (κ2) is 3.61. The largest absolute Gasteiger partial charge is 0.508 e. The van der Waals surface area contributed by atoms with Crippen LogP contribution < -0.4 is 0 Å². The second-order valence-corrected chi connectivity index (χ2v) is 4.28. The van der Waals surface area contributed by atoms with Crippen LogP contribution in [0.4, 0.5) is 0 Å². The van der Waals surface area contributed by atoms with Gasteiger partial charge in [-0.25, -0.2) is 0 Å². The normalized spacial score (nSPS) is 21.1. The summed E-state index contributed by atoms with van der Waals surface area (Å²) >= 11 is 3.39. The lowest BCUT2D eigenvalue weighted by Gasteiger charge is -2.18. The monoisotopic (exact) mass is 254 g/mol. The maximum Gasteiger partial charge on any atom is 0.115 e. The summed E-state index contributed by atoms with van der Waals surface area (Å²) in [5.74, 6) is 0.300. The maximum absolute atomic E-state index is 9.17. The van der Waals surface area contributed by atoms with Gasteiger partial charge in [0.1, 0.15) is 10.4 Å². The SMILES string of the molecule is CN1N=C(Br)CC1c1ccc(O)cc1. The predicted molar refractivity (Wildman–Crippen MR) is 59.6 cm³/mol. The molecule has 74 valence electrons. The lowest BCUT2D eigenvalue weighted by molar-refractivity contribution is 0.289. The van der Waals surface area contributed by atoms with Gasteiger partial charge in [0, 0.05) is 13.5 Å². The van der Waals surface area contributed by atoms with Crippen LogP contribution in [0.1, 0.15) is 18.0 Å². The minimum Gasteiger partial charge on any atom is -0.508 e. The highest BCUT2D eigenvalue weighted by Gasteiger charge is 2.23. The molecule has 1 N–H and O–H groups in total. The van der Waals surface area contributed by atoms with Crippen molar-refractivity contribution in [3.05, 3.63) is 29.8 Å². The highest BCUT2D eigenvalue weighted by molar-refractivity contribution is 9.18. The van der Waals surface area contributed by atoms with Crippen LogP contribution in [0.3, 0.4) is 0 Å². The van der Waals surface area contributed by atoms with Crippen LogP contribution in [0, 0.1) is 0 Å². The van der Waals surface area contributed by atoms with E-state index in [-0.39, 0.29) is 6.04 Å². The fourth-order valence-corrected chi connectivity index (χ4v) is 2.16. The Hall–Kier alpha value is -1.03. The van der Waals surface area contributed by atoms with Gasteiger partial charge in [0.2, 0.25) is 0 Å². The molecule has 1 aromatic carbocycles. The van der Waals surface area contributed by atoms with E-state index >= 15 is 0 Å². The molecule has 3 nitrogen and oxygen atoms in total. The van der Waals surface area contributed by atoms with E-state index in [0.29, 0.717) is 5.75 Å².